The van der Waals surface area contributed by atoms with Crippen molar-refractivity contribution in [2.75, 3.05) is 26.7 Å². The molecule has 3 heterocycles. The molecule has 1 aliphatic rings. The van der Waals surface area contributed by atoms with E-state index in [4.69, 9.17) is 0 Å². The van der Waals surface area contributed by atoms with Crippen LogP contribution in [0.15, 0.2) is 16.8 Å². The lowest BCUT2D eigenvalue weighted by molar-refractivity contribution is -0.125. The van der Waals surface area contributed by atoms with Crippen molar-refractivity contribution in [1.82, 2.24) is 25.7 Å². The zero-order chi connectivity index (χ0) is 21.5. The first kappa shape index (κ1) is 22.5. The Bertz CT molecular complexity index is 813. The number of nitrogens with one attached hydrogen (secondary N) is 3. The molecule has 2 aromatic rings. The number of likely N-dealkylation sites (N-methyl/N-ethyl adjacent to an activating group) is 1. The van der Waals surface area contributed by atoms with E-state index in [9.17, 15) is 9.59 Å². The van der Waals surface area contributed by atoms with Gasteiger partial charge in [-0.15, -0.1) is 0 Å². The molecule has 0 spiro atoms. The van der Waals surface area contributed by atoms with E-state index in [-0.39, 0.29) is 23.8 Å². The van der Waals surface area contributed by atoms with Gasteiger partial charge in [0.25, 0.3) is 0 Å². The molecular formula is C22H33N5O2S. The average molecular weight is 432 g/mol. The van der Waals surface area contributed by atoms with Crippen LogP contribution in [0.3, 0.4) is 0 Å². The molecule has 8 heteroatoms. The van der Waals surface area contributed by atoms with Crippen LogP contribution in [0.5, 0.6) is 0 Å². The van der Waals surface area contributed by atoms with Crippen LogP contribution < -0.4 is 10.6 Å². The summed E-state index contributed by atoms with van der Waals surface area (Å²) in [6, 6.07) is 2.07. The van der Waals surface area contributed by atoms with Crippen LogP contribution in [0.4, 0.5) is 0 Å². The number of hydrogen-bond donors (Lipinski definition) is 3. The molecule has 0 aromatic carbocycles. The first-order chi connectivity index (χ1) is 14.4. The topological polar surface area (TPSA) is 90.1 Å². The first-order valence-corrected chi connectivity index (χ1v) is 11.6. The quantitative estimate of drug-likeness (QED) is 0.559. The standard InChI is InChI=1S/C22H33N5O2S/c1-15-20(16(2)26-25-15)5-4-9-23-22(29)18-6-7-19(13-27(3)12-18)24-21(28)11-17-8-10-30-14-17/h8,10,14,18-19H,4-7,9,11-13H2,1-3H3,(H,23,29)(H,24,28)(H,25,26)/t18-,19+/m1/s1. The summed E-state index contributed by atoms with van der Waals surface area (Å²) in [6.07, 6.45) is 3.85. The second kappa shape index (κ2) is 10.7. The number of nitrogens with zero attached hydrogens (tertiary/aromatic N) is 2. The van der Waals surface area contributed by atoms with Gasteiger partial charge in [0.2, 0.25) is 11.8 Å². The summed E-state index contributed by atoms with van der Waals surface area (Å²) in [5, 5.41) is 17.5. The van der Waals surface area contributed by atoms with Crippen molar-refractivity contribution in [3.8, 4) is 0 Å². The summed E-state index contributed by atoms with van der Waals surface area (Å²) in [5.74, 6) is 0.137. The number of carbonyl (C=O) groups is 2. The molecule has 0 saturated carbocycles. The number of thiophene rings is 1. The molecule has 3 rings (SSSR count). The highest BCUT2D eigenvalue weighted by Gasteiger charge is 2.27. The van der Waals surface area contributed by atoms with E-state index in [1.807, 2.05) is 37.7 Å². The molecule has 1 fully saturated rings. The zero-order valence-corrected chi connectivity index (χ0v) is 19.0. The van der Waals surface area contributed by atoms with Crippen molar-refractivity contribution in [2.45, 2.75) is 52.0 Å². The Morgan fingerprint density at radius 2 is 2.13 bits per heavy atom. The minimum Gasteiger partial charge on any atom is -0.356 e. The largest absolute Gasteiger partial charge is 0.356 e. The summed E-state index contributed by atoms with van der Waals surface area (Å²) in [7, 11) is 2.02. The van der Waals surface area contributed by atoms with E-state index >= 15 is 0 Å². The van der Waals surface area contributed by atoms with Gasteiger partial charge in [-0.05, 0) is 74.5 Å². The summed E-state index contributed by atoms with van der Waals surface area (Å²) >= 11 is 1.61. The van der Waals surface area contributed by atoms with Gasteiger partial charge in [0.05, 0.1) is 18.0 Å². The molecule has 7 nitrogen and oxygen atoms in total. The number of H-pyrrole nitrogens is 1. The summed E-state index contributed by atoms with van der Waals surface area (Å²) in [4.78, 5) is 27.2. The van der Waals surface area contributed by atoms with E-state index in [1.165, 1.54) is 5.56 Å². The van der Waals surface area contributed by atoms with Crippen LogP contribution in [0.25, 0.3) is 0 Å². The lowest BCUT2D eigenvalue weighted by Gasteiger charge is -2.22. The lowest BCUT2D eigenvalue weighted by atomic mass is 10.0. The van der Waals surface area contributed by atoms with Gasteiger partial charge in [-0.3, -0.25) is 14.7 Å². The Hall–Kier alpha value is -2.19. The molecule has 0 aliphatic carbocycles. The molecule has 164 valence electrons. The molecule has 2 atom stereocenters. The van der Waals surface area contributed by atoms with Gasteiger partial charge >= 0.3 is 0 Å². The van der Waals surface area contributed by atoms with Crippen molar-refractivity contribution >= 4 is 23.2 Å². The van der Waals surface area contributed by atoms with Crippen molar-refractivity contribution in [2.24, 2.45) is 5.92 Å². The fraction of sp³-hybridized carbons (Fsp3) is 0.591. The highest BCUT2D eigenvalue weighted by molar-refractivity contribution is 7.08. The highest BCUT2D eigenvalue weighted by Crippen LogP contribution is 2.17. The second-order valence-corrected chi connectivity index (χ2v) is 9.16. The van der Waals surface area contributed by atoms with Crippen LogP contribution in [0.1, 0.15) is 41.8 Å². The van der Waals surface area contributed by atoms with E-state index in [1.54, 1.807) is 11.3 Å². The van der Waals surface area contributed by atoms with Crippen molar-refractivity contribution < 1.29 is 9.59 Å². The number of hydrogen-bond acceptors (Lipinski definition) is 5. The molecule has 2 amide bonds. The van der Waals surface area contributed by atoms with Gasteiger partial charge in [-0.25, -0.2) is 0 Å². The maximum Gasteiger partial charge on any atom is 0.224 e. The van der Waals surface area contributed by atoms with Gasteiger partial charge in [0.15, 0.2) is 0 Å². The Labute approximate surface area is 182 Å². The van der Waals surface area contributed by atoms with Crippen LogP contribution in [-0.2, 0) is 22.4 Å². The molecule has 30 heavy (non-hydrogen) atoms. The monoisotopic (exact) mass is 431 g/mol. The number of aromatic nitrogens is 2. The number of aryl methyl sites for hydroxylation is 2. The van der Waals surface area contributed by atoms with Gasteiger partial charge in [0, 0.05) is 31.4 Å². The third kappa shape index (κ3) is 6.40. The van der Waals surface area contributed by atoms with E-state index in [0.717, 1.165) is 55.7 Å². The lowest BCUT2D eigenvalue weighted by Crippen LogP contribution is -2.42. The average Bonchev–Trinajstić information content (AvgIpc) is 3.26. The van der Waals surface area contributed by atoms with E-state index < -0.39 is 0 Å². The Kier molecular flexibility index (Phi) is 8.04. The van der Waals surface area contributed by atoms with Crippen molar-refractivity contribution in [3.05, 3.63) is 39.3 Å². The summed E-state index contributed by atoms with van der Waals surface area (Å²) in [5.41, 5.74) is 4.45. The molecule has 0 radical (unpaired) electrons. The molecular weight excluding hydrogens is 398 g/mol. The number of carbonyl (C=O) groups excluding carboxylic acids is 2. The third-order valence-electron chi connectivity index (χ3n) is 5.79. The molecule has 1 aliphatic heterocycles. The van der Waals surface area contributed by atoms with Crippen LogP contribution in [0, 0.1) is 19.8 Å². The van der Waals surface area contributed by atoms with Crippen LogP contribution in [-0.4, -0.2) is 59.6 Å². The molecule has 2 aromatic heterocycles. The van der Waals surface area contributed by atoms with Crippen molar-refractivity contribution in [3.63, 3.8) is 0 Å². The molecule has 1 saturated heterocycles. The fourth-order valence-corrected chi connectivity index (χ4v) is 4.83. The zero-order valence-electron chi connectivity index (χ0n) is 18.2. The van der Waals surface area contributed by atoms with E-state index in [2.05, 4.69) is 25.7 Å². The third-order valence-corrected chi connectivity index (χ3v) is 6.52. The fourth-order valence-electron chi connectivity index (χ4n) is 4.16. The number of likely N-dealkylation sites (tertiary alicyclic amines) is 1. The van der Waals surface area contributed by atoms with Gasteiger partial charge in [0.1, 0.15) is 0 Å². The van der Waals surface area contributed by atoms with E-state index in [0.29, 0.717) is 13.0 Å². The van der Waals surface area contributed by atoms with Gasteiger partial charge < -0.3 is 15.5 Å². The molecule has 0 bridgehead atoms. The number of amides is 2. The Balaban J connectivity index is 1.41. The minimum absolute atomic E-state index is 0.0360. The Morgan fingerprint density at radius 1 is 1.30 bits per heavy atom. The second-order valence-electron chi connectivity index (χ2n) is 8.38. The predicted octanol–water partition coefficient (Wildman–Crippen LogP) is 2.21. The SMILES string of the molecule is Cc1n[nH]c(C)c1CCCNC(=O)[C@@H]1CC[C@H](NC(=O)Cc2ccsc2)CN(C)C1. The minimum atomic E-state index is -0.0360. The number of rotatable bonds is 8. The van der Waals surface area contributed by atoms with Gasteiger partial charge in [-0.2, -0.15) is 16.4 Å². The summed E-state index contributed by atoms with van der Waals surface area (Å²) in [6.45, 7) is 6.21. The van der Waals surface area contributed by atoms with Gasteiger partial charge in [-0.1, -0.05) is 0 Å². The number of aromatic amines is 1. The predicted molar refractivity (Wildman–Crippen MR) is 120 cm³/mol. The molecule has 3 N–H and O–H groups in total. The first-order valence-electron chi connectivity index (χ1n) is 10.7. The normalized spacial score (nSPS) is 20.0. The maximum atomic E-state index is 12.7. The smallest absolute Gasteiger partial charge is 0.224 e. The molecule has 0 unspecified atom stereocenters. The van der Waals surface area contributed by atoms with Crippen molar-refractivity contribution in [1.29, 1.82) is 0 Å². The van der Waals surface area contributed by atoms with Crippen LogP contribution >= 0.6 is 11.3 Å². The van der Waals surface area contributed by atoms with Crippen LogP contribution in [0.2, 0.25) is 0 Å². The summed E-state index contributed by atoms with van der Waals surface area (Å²) < 4.78 is 0. The Morgan fingerprint density at radius 3 is 2.83 bits per heavy atom. The highest BCUT2D eigenvalue weighted by atomic mass is 32.1. The maximum absolute atomic E-state index is 12.7.